The fourth-order valence-electron chi connectivity index (χ4n) is 5.61. The molecule has 0 aromatic heterocycles. The lowest BCUT2D eigenvalue weighted by molar-refractivity contribution is -0.235. The van der Waals surface area contributed by atoms with Gasteiger partial charge in [0.15, 0.2) is 0 Å². The quantitative estimate of drug-likeness (QED) is 0.275. The van der Waals surface area contributed by atoms with Crippen molar-refractivity contribution in [3.8, 4) is 0 Å². The Balaban J connectivity index is 2.04. The van der Waals surface area contributed by atoms with Gasteiger partial charge < -0.3 is 18.9 Å². The molecule has 8 nitrogen and oxygen atoms in total. The molecule has 32 heavy (non-hydrogen) atoms. The maximum atomic E-state index is 13.5. The Morgan fingerprint density at radius 1 is 1.16 bits per heavy atom. The first-order chi connectivity index (χ1) is 15.0. The number of rotatable bonds is 5. The highest BCUT2D eigenvalue weighted by Gasteiger charge is 2.74. The smallest absolute Gasteiger partial charge is 0.333 e. The van der Waals surface area contributed by atoms with Crippen molar-refractivity contribution in [3.63, 3.8) is 0 Å². The van der Waals surface area contributed by atoms with Gasteiger partial charge in [-0.1, -0.05) is 18.2 Å². The minimum Gasteiger partial charge on any atom is -0.466 e. The summed E-state index contributed by atoms with van der Waals surface area (Å²) < 4.78 is 21.5. The molecule has 0 spiro atoms. The third-order valence-electron chi connectivity index (χ3n) is 7.14. The van der Waals surface area contributed by atoms with E-state index in [1.165, 1.54) is 21.1 Å². The summed E-state index contributed by atoms with van der Waals surface area (Å²) in [7, 11) is 2.62. The van der Waals surface area contributed by atoms with E-state index in [4.69, 9.17) is 18.9 Å². The summed E-state index contributed by atoms with van der Waals surface area (Å²) in [4.78, 5) is 49.5. The second kappa shape index (κ2) is 8.56. The van der Waals surface area contributed by atoms with Gasteiger partial charge in [-0.3, -0.25) is 9.59 Å². The summed E-state index contributed by atoms with van der Waals surface area (Å²) >= 11 is 0. The van der Waals surface area contributed by atoms with E-state index in [-0.39, 0.29) is 12.3 Å². The molecule has 0 aromatic carbocycles. The molecular weight excluding hydrogens is 416 g/mol. The van der Waals surface area contributed by atoms with Gasteiger partial charge in [-0.25, -0.2) is 9.59 Å². The average Bonchev–Trinajstić information content (AvgIpc) is 2.89. The summed E-state index contributed by atoms with van der Waals surface area (Å²) in [6, 6.07) is 0. The number of allylic oxidation sites excluding steroid dienone is 3. The monoisotopic (exact) mass is 446 g/mol. The van der Waals surface area contributed by atoms with Gasteiger partial charge in [0, 0.05) is 24.0 Å². The predicted octanol–water partition coefficient (Wildman–Crippen LogP) is 2.96. The Bertz CT molecular complexity index is 928. The molecule has 2 aliphatic carbocycles. The molecule has 0 N–H and O–H groups in total. The van der Waals surface area contributed by atoms with Crippen LogP contribution in [0.2, 0.25) is 0 Å². The highest BCUT2D eigenvalue weighted by molar-refractivity contribution is 5.90. The molecule has 1 heterocycles. The number of methoxy groups -OCH3 is 2. The van der Waals surface area contributed by atoms with Gasteiger partial charge in [-0.05, 0) is 52.0 Å². The number of esters is 4. The molecule has 1 saturated heterocycles. The molecule has 1 aliphatic heterocycles. The number of hydrogen-bond donors (Lipinski definition) is 0. The van der Waals surface area contributed by atoms with Gasteiger partial charge in [0.2, 0.25) is 0 Å². The minimum absolute atomic E-state index is 0.237. The molecule has 4 atom stereocenters. The predicted molar refractivity (Wildman–Crippen MR) is 113 cm³/mol. The summed E-state index contributed by atoms with van der Waals surface area (Å²) in [6.07, 6.45) is 8.66. The van der Waals surface area contributed by atoms with Crippen LogP contribution in [0.15, 0.2) is 35.5 Å². The number of hydrogen-bond acceptors (Lipinski definition) is 8. The van der Waals surface area contributed by atoms with Gasteiger partial charge in [-0.2, -0.15) is 0 Å². The topological polar surface area (TPSA) is 105 Å². The first-order valence-corrected chi connectivity index (χ1v) is 10.7. The molecule has 1 saturated carbocycles. The van der Waals surface area contributed by atoms with Crippen molar-refractivity contribution in [2.24, 2.45) is 11.3 Å². The summed E-state index contributed by atoms with van der Waals surface area (Å²) in [6.45, 7) is 4.74. The van der Waals surface area contributed by atoms with Crippen molar-refractivity contribution in [3.05, 3.63) is 35.5 Å². The van der Waals surface area contributed by atoms with E-state index in [2.05, 4.69) is 0 Å². The highest BCUT2D eigenvalue weighted by atomic mass is 16.6. The fourth-order valence-corrected chi connectivity index (χ4v) is 5.61. The van der Waals surface area contributed by atoms with Gasteiger partial charge >= 0.3 is 23.9 Å². The number of carbonyl (C=O) groups is 4. The van der Waals surface area contributed by atoms with Gasteiger partial charge in [0.25, 0.3) is 0 Å². The Morgan fingerprint density at radius 3 is 2.50 bits per heavy atom. The Morgan fingerprint density at radius 2 is 1.88 bits per heavy atom. The largest absolute Gasteiger partial charge is 0.466 e. The van der Waals surface area contributed by atoms with Crippen LogP contribution in [0.3, 0.4) is 0 Å². The van der Waals surface area contributed by atoms with Crippen LogP contribution in [0.5, 0.6) is 0 Å². The molecule has 0 unspecified atom stereocenters. The zero-order valence-electron chi connectivity index (χ0n) is 19.2. The van der Waals surface area contributed by atoms with E-state index >= 15 is 0 Å². The second-order valence-corrected chi connectivity index (χ2v) is 8.86. The number of ether oxygens (including phenoxy) is 4. The molecule has 3 aliphatic rings. The Kier molecular flexibility index (Phi) is 6.36. The summed E-state index contributed by atoms with van der Waals surface area (Å²) in [5.41, 5.74) is -2.36. The van der Waals surface area contributed by atoms with Crippen molar-refractivity contribution in [2.45, 2.75) is 64.1 Å². The molecular formula is C24H30O8. The van der Waals surface area contributed by atoms with Crippen LogP contribution >= 0.6 is 0 Å². The van der Waals surface area contributed by atoms with Crippen LogP contribution in [-0.4, -0.2) is 49.3 Å². The normalized spacial score (nSPS) is 34.2. The van der Waals surface area contributed by atoms with Crippen molar-refractivity contribution in [2.75, 3.05) is 14.2 Å². The molecule has 0 aromatic rings. The van der Waals surface area contributed by atoms with Gasteiger partial charge in [0.05, 0.1) is 14.2 Å². The number of cyclic esters (lactones) is 1. The van der Waals surface area contributed by atoms with E-state index in [9.17, 15) is 19.2 Å². The third kappa shape index (κ3) is 3.65. The van der Waals surface area contributed by atoms with E-state index in [1.807, 2.05) is 0 Å². The number of carbonyl (C=O) groups excluding carboxylic acids is 4. The van der Waals surface area contributed by atoms with E-state index in [0.717, 1.165) is 0 Å². The fraction of sp³-hybridized carbons (Fsp3) is 0.583. The van der Waals surface area contributed by atoms with Crippen molar-refractivity contribution >= 4 is 23.9 Å². The molecule has 8 heteroatoms. The van der Waals surface area contributed by atoms with Crippen molar-refractivity contribution in [1.29, 1.82) is 0 Å². The highest BCUT2D eigenvalue weighted by Crippen LogP contribution is 2.65. The first kappa shape index (κ1) is 23.8. The Hall–Kier alpha value is -2.90. The lowest BCUT2D eigenvalue weighted by Gasteiger charge is -2.54. The third-order valence-corrected chi connectivity index (χ3v) is 7.14. The van der Waals surface area contributed by atoms with Crippen molar-refractivity contribution in [1.82, 2.24) is 0 Å². The van der Waals surface area contributed by atoms with Crippen LogP contribution in [0.4, 0.5) is 0 Å². The maximum Gasteiger partial charge on any atom is 0.333 e. The second-order valence-electron chi connectivity index (χ2n) is 8.86. The zero-order chi connectivity index (χ0) is 23.7. The van der Waals surface area contributed by atoms with Gasteiger partial charge in [-0.15, -0.1) is 0 Å². The molecule has 2 bridgehead atoms. The van der Waals surface area contributed by atoms with E-state index in [1.54, 1.807) is 38.2 Å². The molecule has 174 valence electrons. The average molecular weight is 446 g/mol. The van der Waals surface area contributed by atoms with Gasteiger partial charge in [0.1, 0.15) is 16.6 Å². The van der Waals surface area contributed by atoms with Crippen LogP contribution in [0, 0.1) is 11.3 Å². The first-order valence-electron chi connectivity index (χ1n) is 10.7. The standard InChI is InChI=1S/C24H30O8/c1-15(19(26)29-4)7-6-11-22(3)18-10-13-23(21(28)32-22)12-8-17(20(27)30-5)9-14-24(18,23)31-16(2)25/h6-8,11,18H,9-10,12-14H2,1-5H3/b11-6+,15-7+/t18-,22+,23+,24-/m1/s1. The minimum atomic E-state index is -1.11. The molecule has 0 amide bonds. The van der Waals surface area contributed by atoms with Crippen molar-refractivity contribution < 1.29 is 38.1 Å². The van der Waals surface area contributed by atoms with Crippen LogP contribution in [-0.2, 0) is 38.1 Å². The maximum absolute atomic E-state index is 13.5. The molecule has 3 rings (SSSR count). The molecule has 0 radical (unpaired) electrons. The summed E-state index contributed by atoms with van der Waals surface area (Å²) in [5, 5.41) is 0. The van der Waals surface area contributed by atoms with E-state index in [0.29, 0.717) is 36.8 Å². The van der Waals surface area contributed by atoms with Crippen LogP contribution in [0.1, 0.15) is 52.9 Å². The van der Waals surface area contributed by atoms with Crippen LogP contribution in [0.25, 0.3) is 0 Å². The lowest BCUT2D eigenvalue weighted by atomic mass is 9.62. The Labute approximate surface area is 187 Å². The van der Waals surface area contributed by atoms with E-state index < -0.39 is 40.5 Å². The summed E-state index contributed by atoms with van der Waals surface area (Å²) in [5.74, 6) is -2.15. The van der Waals surface area contributed by atoms with Crippen LogP contribution < -0.4 is 0 Å². The zero-order valence-corrected chi connectivity index (χ0v) is 19.2. The SMILES string of the molecule is COC(=O)C1=CC[C@]23CC[C@H]([C@](C)(/C=C/C=C(\C)C(=O)OC)OC2=O)[C@]3(OC(C)=O)CC1. The molecule has 2 fully saturated rings. The lowest BCUT2D eigenvalue weighted by Crippen LogP contribution is -2.65.